The van der Waals surface area contributed by atoms with Gasteiger partial charge in [0.2, 0.25) is 0 Å². The molecule has 5 nitrogen and oxygen atoms in total. The standard InChI is InChI=1S/C34H58O5/c1-21(8-7-15-32(3,4)37)26-11-12-29-28-10-9-25-22(2)30(39-31-19-23(36)18-24(20-35)38-31)14-13-27(25)34(28,6)17-16-33(26,29)5/h9,21-24,26-31,35-37H,7-8,10-20H2,1-6H3/t21-,22-,23+,24?,26?,27?,28?,29?,30+,31+,33-,34+/m1/s1. The molecular formula is C34H58O5. The van der Waals surface area contributed by atoms with E-state index in [4.69, 9.17) is 9.47 Å². The number of hydrogen-bond acceptors (Lipinski definition) is 5. The fourth-order valence-electron chi connectivity index (χ4n) is 10.5. The first-order chi connectivity index (χ1) is 18.4. The quantitative estimate of drug-likeness (QED) is 0.298. The molecule has 5 unspecified atom stereocenters. The van der Waals surface area contributed by atoms with Crippen molar-refractivity contribution in [2.45, 2.75) is 149 Å². The number of allylic oxidation sites excluding steroid dienone is 1. The molecule has 4 aliphatic carbocycles. The van der Waals surface area contributed by atoms with Gasteiger partial charge in [0.05, 0.1) is 30.5 Å². The summed E-state index contributed by atoms with van der Waals surface area (Å²) < 4.78 is 12.5. The average molecular weight is 547 g/mol. The van der Waals surface area contributed by atoms with Gasteiger partial charge in [-0.15, -0.1) is 0 Å². The molecule has 12 atom stereocenters. The highest BCUT2D eigenvalue weighted by Gasteiger charge is 2.61. The van der Waals surface area contributed by atoms with Crippen molar-refractivity contribution in [1.29, 1.82) is 0 Å². The van der Waals surface area contributed by atoms with Gasteiger partial charge in [0.1, 0.15) is 0 Å². The molecule has 5 rings (SSSR count). The van der Waals surface area contributed by atoms with Gasteiger partial charge in [-0.25, -0.2) is 0 Å². The largest absolute Gasteiger partial charge is 0.394 e. The molecule has 0 aromatic heterocycles. The highest BCUT2D eigenvalue weighted by atomic mass is 16.7. The van der Waals surface area contributed by atoms with E-state index in [1.54, 1.807) is 5.57 Å². The lowest BCUT2D eigenvalue weighted by molar-refractivity contribution is -0.247. The Kier molecular flexibility index (Phi) is 8.71. The van der Waals surface area contributed by atoms with Crippen molar-refractivity contribution in [1.82, 2.24) is 0 Å². The van der Waals surface area contributed by atoms with E-state index in [0.717, 1.165) is 42.9 Å². The van der Waals surface area contributed by atoms with Crippen molar-refractivity contribution >= 4 is 0 Å². The summed E-state index contributed by atoms with van der Waals surface area (Å²) in [6.45, 7) is 13.9. The highest BCUT2D eigenvalue weighted by molar-refractivity contribution is 5.25. The summed E-state index contributed by atoms with van der Waals surface area (Å²) >= 11 is 0. The molecule has 5 heteroatoms. The molecule has 39 heavy (non-hydrogen) atoms. The van der Waals surface area contributed by atoms with E-state index in [2.05, 4.69) is 33.8 Å². The Bertz CT molecular complexity index is 879. The van der Waals surface area contributed by atoms with Crippen molar-refractivity contribution in [3.63, 3.8) is 0 Å². The lowest BCUT2D eigenvalue weighted by Gasteiger charge is -2.61. The molecule has 1 aliphatic heterocycles. The number of hydrogen-bond donors (Lipinski definition) is 3. The summed E-state index contributed by atoms with van der Waals surface area (Å²) in [5, 5.41) is 30.0. The number of fused-ring (bicyclic) bond motifs is 5. The van der Waals surface area contributed by atoms with E-state index >= 15 is 0 Å². The van der Waals surface area contributed by atoms with Crippen LogP contribution in [-0.2, 0) is 9.47 Å². The summed E-state index contributed by atoms with van der Waals surface area (Å²) in [4.78, 5) is 0. The zero-order valence-electron chi connectivity index (χ0n) is 25.7. The fourth-order valence-corrected chi connectivity index (χ4v) is 10.5. The Balaban J connectivity index is 1.26. The maximum Gasteiger partial charge on any atom is 0.160 e. The Morgan fingerprint density at radius 2 is 1.82 bits per heavy atom. The summed E-state index contributed by atoms with van der Waals surface area (Å²) in [7, 11) is 0. The zero-order chi connectivity index (χ0) is 28.2. The Morgan fingerprint density at radius 1 is 1.08 bits per heavy atom. The third kappa shape index (κ3) is 5.78. The molecule has 0 spiro atoms. The normalized spacial score (nSPS) is 47.1. The van der Waals surface area contributed by atoms with E-state index < -0.39 is 18.0 Å². The molecule has 4 fully saturated rings. The summed E-state index contributed by atoms with van der Waals surface area (Å²) in [6.07, 6.45) is 14.7. The minimum atomic E-state index is -0.547. The number of rotatable bonds is 8. The van der Waals surface area contributed by atoms with Crippen LogP contribution in [0.15, 0.2) is 11.6 Å². The SMILES string of the molecule is C[C@H](CCCC(C)(C)O)C1CCC2C3CC=C4C(CC[C@H](O[C@H]5C[C@@H](O)CC(CO)O5)[C@@H]4C)[C@]3(C)CC[C@@]21C. The molecule has 5 aliphatic rings. The smallest absolute Gasteiger partial charge is 0.160 e. The number of aliphatic hydroxyl groups is 3. The van der Waals surface area contributed by atoms with Crippen molar-refractivity contribution in [3.05, 3.63) is 11.6 Å². The van der Waals surface area contributed by atoms with Crippen LogP contribution in [0.25, 0.3) is 0 Å². The molecule has 3 saturated carbocycles. The van der Waals surface area contributed by atoms with Crippen molar-refractivity contribution in [3.8, 4) is 0 Å². The minimum Gasteiger partial charge on any atom is -0.394 e. The van der Waals surface area contributed by atoms with E-state index in [-0.39, 0.29) is 18.8 Å². The van der Waals surface area contributed by atoms with Crippen LogP contribution in [0.3, 0.4) is 0 Å². The van der Waals surface area contributed by atoms with Gasteiger partial charge in [0, 0.05) is 18.8 Å². The Hall–Kier alpha value is -0.460. The van der Waals surface area contributed by atoms with E-state index in [1.165, 1.54) is 44.9 Å². The highest BCUT2D eigenvalue weighted by Crippen LogP contribution is 2.69. The minimum absolute atomic E-state index is 0.0648. The summed E-state index contributed by atoms with van der Waals surface area (Å²) in [5.41, 5.74) is 1.91. The fraction of sp³-hybridized carbons (Fsp3) is 0.941. The molecule has 0 radical (unpaired) electrons. The van der Waals surface area contributed by atoms with Gasteiger partial charge in [-0.3, -0.25) is 0 Å². The molecule has 0 bridgehead atoms. The second-order valence-electron chi connectivity index (χ2n) is 15.6. The lowest BCUT2D eigenvalue weighted by Crippen LogP contribution is -2.54. The predicted octanol–water partition coefficient (Wildman–Crippen LogP) is 6.63. The second-order valence-corrected chi connectivity index (χ2v) is 15.6. The third-order valence-corrected chi connectivity index (χ3v) is 12.7. The van der Waals surface area contributed by atoms with Crippen molar-refractivity contribution < 1.29 is 24.8 Å². The average Bonchev–Trinajstić information content (AvgIpc) is 3.21. The maximum absolute atomic E-state index is 10.3. The van der Waals surface area contributed by atoms with Crippen LogP contribution < -0.4 is 0 Å². The van der Waals surface area contributed by atoms with Crippen LogP contribution in [0.1, 0.15) is 119 Å². The number of aliphatic hydroxyl groups excluding tert-OH is 2. The number of ether oxygens (including phenoxy) is 2. The third-order valence-electron chi connectivity index (χ3n) is 12.7. The van der Waals surface area contributed by atoms with Crippen LogP contribution in [0.5, 0.6) is 0 Å². The van der Waals surface area contributed by atoms with Crippen molar-refractivity contribution in [2.75, 3.05) is 6.61 Å². The summed E-state index contributed by atoms with van der Waals surface area (Å²) in [6, 6.07) is 0. The van der Waals surface area contributed by atoms with Gasteiger partial charge in [0.25, 0.3) is 0 Å². The van der Waals surface area contributed by atoms with Crippen LogP contribution >= 0.6 is 0 Å². The molecule has 0 aromatic rings. The molecular weight excluding hydrogens is 488 g/mol. The molecule has 224 valence electrons. The van der Waals surface area contributed by atoms with Gasteiger partial charge < -0.3 is 24.8 Å². The first-order valence-electron chi connectivity index (χ1n) is 16.4. The first kappa shape index (κ1) is 30.0. The van der Waals surface area contributed by atoms with Crippen molar-refractivity contribution in [2.24, 2.45) is 46.3 Å². The van der Waals surface area contributed by atoms with Gasteiger partial charge in [-0.05, 0) is 106 Å². The maximum atomic E-state index is 10.3. The lowest BCUT2D eigenvalue weighted by atomic mass is 9.44. The predicted molar refractivity (Wildman–Crippen MR) is 155 cm³/mol. The molecule has 0 amide bonds. The first-order valence-corrected chi connectivity index (χ1v) is 16.4. The summed E-state index contributed by atoms with van der Waals surface area (Å²) in [5.74, 6) is 4.19. The zero-order valence-corrected chi connectivity index (χ0v) is 25.7. The van der Waals surface area contributed by atoms with E-state index in [0.29, 0.717) is 35.5 Å². The van der Waals surface area contributed by atoms with E-state index in [9.17, 15) is 15.3 Å². The topological polar surface area (TPSA) is 79.2 Å². The Labute approximate surface area is 238 Å². The molecule has 0 aromatic carbocycles. The Morgan fingerprint density at radius 3 is 2.54 bits per heavy atom. The molecule has 1 heterocycles. The van der Waals surface area contributed by atoms with Gasteiger partial charge in [-0.1, -0.05) is 52.2 Å². The van der Waals surface area contributed by atoms with Crippen LogP contribution in [-0.4, -0.2) is 52.1 Å². The van der Waals surface area contributed by atoms with E-state index in [1.807, 2.05) is 13.8 Å². The van der Waals surface area contributed by atoms with Crippen LogP contribution in [0.4, 0.5) is 0 Å². The molecule has 3 N–H and O–H groups in total. The van der Waals surface area contributed by atoms with Gasteiger partial charge >= 0.3 is 0 Å². The van der Waals surface area contributed by atoms with Crippen LogP contribution in [0.2, 0.25) is 0 Å². The van der Waals surface area contributed by atoms with Crippen LogP contribution in [0, 0.1) is 46.3 Å². The van der Waals surface area contributed by atoms with Gasteiger partial charge in [-0.2, -0.15) is 0 Å². The monoisotopic (exact) mass is 546 g/mol. The second kappa shape index (κ2) is 11.3. The van der Waals surface area contributed by atoms with Gasteiger partial charge in [0.15, 0.2) is 6.29 Å². The molecule has 1 saturated heterocycles.